The van der Waals surface area contributed by atoms with E-state index in [1.807, 2.05) is 0 Å². The van der Waals surface area contributed by atoms with Crippen LogP contribution in [0.2, 0.25) is 0 Å². The fourth-order valence-corrected chi connectivity index (χ4v) is 1.54. The van der Waals surface area contributed by atoms with Crippen molar-refractivity contribution in [2.24, 2.45) is 10.9 Å². The van der Waals surface area contributed by atoms with Crippen molar-refractivity contribution in [1.82, 2.24) is 0 Å². The summed E-state index contributed by atoms with van der Waals surface area (Å²) in [6, 6.07) is 6.13. The van der Waals surface area contributed by atoms with Gasteiger partial charge in [-0.15, -0.1) is 0 Å². The Labute approximate surface area is 77.6 Å². The molecule has 1 aromatic carbocycles. The first-order chi connectivity index (χ1) is 5.91. The first-order valence-electron chi connectivity index (χ1n) is 3.79. The maximum atomic E-state index is 10.9. The van der Waals surface area contributed by atoms with Gasteiger partial charge >= 0.3 is 0 Å². The van der Waals surface area contributed by atoms with E-state index < -0.39 is 10.0 Å². The van der Waals surface area contributed by atoms with E-state index in [1.54, 1.807) is 19.1 Å². The molecule has 72 valence electrons. The van der Waals surface area contributed by atoms with Crippen LogP contribution in [0.3, 0.4) is 0 Å². The lowest BCUT2D eigenvalue weighted by Crippen LogP contribution is -2.13. The second-order valence-corrected chi connectivity index (χ2v) is 4.47. The summed E-state index contributed by atoms with van der Waals surface area (Å²) in [5, 5.41) is 4.96. The molecule has 0 bridgehead atoms. The van der Waals surface area contributed by atoms with Crippen LogP contribution >= 0.6 is 0 Å². The molecular formula is C8H12N2O2S. The van der Waals surface area contributed by atoms with Crippen molar-refractivity contribution in [2.75, 3.05) is 0 Å². The SMILES string of the molecule is C[C@H](N)c1cccc(S(N)(=O)=O)c1. The van der Waals surface area contributed by atoms with Gasteiger partial charge in [-0.1, -0.05) is 12.1 Å². The quantitative estimate of drug-likeness (QED) is 0.722. The fourth-order valence-electron chi connectivity index (χ4n) is 0.975. The molecule has 0 radical (unpaired) electrons. The summed E-state index contributed by atoms with van der Waals surface area (Å²) in [5.74, 6) is 0. The molecule has 0 spiro atoms. The highest BCUT2D eigenvalue weighted by Gasteiger charge is 2.08. The highest BCUT2D eigenvalue weighted by molar-refractivity contribution is 7.89. The van der Waals surface area contributed by atoms with E-state index in [0.717, 1.165) is 5.56 Å². The van der Waals surface area contributed by atoms with Crippen molar-refractivity contribution in [3.63, 3.8) is 0 Å². The Morgan fingerprint density at radius 2 is 2.00 bits per heavy atom. The summed E-state index contributed by atoms with van der Waals surface area (Å²) < 4.78 is 21.9. The predicted molar refractivity (Wildman–Crippen MR) is 50.4 cm³/mol. The van der Waals surface area contributed by atoms with Crippen molar-refractivity contribution in [3.05, 3.63) is 29.8 Å². The van der Waals surface area contributed by atoms with Gasteiger partial charge in [0.25, 0.3) is 0 Å². The molecule has 0 saturated heterocycles. The molecule has 0 aliphatic heterocycles. The molecule has 1 rings (SSSR count). The summed E-state index contributed by atoms with van der Waals surface area (Å²) in [4.78, 5) is 0.0994. The Kier molecular flexibility index (Phi) is 2.70. The molecule has 4 nitrogen and oxygen atoms in total. The molecule has 0 aliphatic carbocycles. The molecule has 13 heavy (non-hydrogen) atoms. The maximum Gasteiger partial charge on any atom is 0.238 e. The van der Waals surface area contributed by atoms with Gasteiger partial charge < -0.3 is 5.73 Å². The van der Waals surface area contributed by atoms with Gasteiger partial charge in [-0.25, -0.2) is 13.6 Å². The van der Waals surface area contributed by atoms with Crippen LogP contribution in [0.4, 0.5) is 0 Å². The zero-order valence-corrected chi connectivity index (χ0v) is 8.08. The number of sulfonamides is 1. The average Bonchev–Trinajstić information content (AvgIpc) is 2.03. The van der Waals surface area contributed by atoms with E-state index in [-0.39, 0.29) is 10.9 Å². The molecule has 0 unspecified atom stereocenters. The molecule has 1 atom stereocenters. The van der Waals surface area contributed by atoms with E-state index in [0.29, 0.717) is 0 Å². The molecule has 0 heterocycles. The number of primary sulfonamides is 1. The van der Waals surface area contributed by atoms with Crippen LogP contribution in [0.1, 0.15) is 18.5 Å². The Morgan fingerprint density at radius 1 is 1.38 bits per heavy atom. The first kappa shape index (κ1) is 10.2. The van der Waals surface area contributed by atoms with Gasteiger partial charge in [0.1, 0.15) is 0 Å². The highest BCUT2D eigenvalue weighted by Crippen LogP contribution is 2.14. The van der Waals surface area contributed by atoms with Gasteiger partial charge in [-0.05, 0) is 24.6 Å². The van der Waals surface area contributed by atoms with Crippen molar-refractivity contribution in [3.8, 4) is 0 Å². The van der Waals surface area contributed by atoms with Crippen molar-refractivity contribution < 1.29 is 8.42 Å². The van der Waals surface area contributed by atoms with Crippen LogP contribution in [-0.4, -0.2) is 8.42 Å². The summed E-state index contributed by atoms with van der Waals surface area (Å²) in [6.07, 6.45) is 0. The van der Waals surface area contributed by atoms with Crippen LogP contribution < -0.4 is 10.9 Å². The second-order valence-electron chi connectivity index (χ2n) is 2.91. The van der Waals surface area contributed by atoms with Crippen LogP contribution in [0.25, 0.3) is 0 Å². The normalized spacial score (nSPS) is 14.1. The van der Waals surface area contributed by atoms with Crippen LogP contribution in [0.5, 0.6) is 0 Å². The summed E-state index contributed by atoms with van der Waals surface area (Å²) >= 11 is 0. The molecule has 1 aromatic rings. The van der Waals surface area contributed by atoms with Gasteiger partial charge in [-0.2, -0.15) is 0 Å². The number of rotatable bonds is 2. The molecule has 5 heteroatoms. The summed E-state index contributed by atoms with van der Waals surface area (Å²) in [5.41, 5.74) is 6.35. The van der Waals surface area contributed by atoms with Crippen molar-refractivity contribution in [2.45, 2.75) is 17.9 Å². The third-order valence-corrected chi connectivity index (χ3v) is 2.62. The lowest BCUT2D eigenvalue weighted by molar-refractivity contribution is 0.597. The smallest absolute Gasteiger partial charge is 0.238 e. The van der Waals surface area contributed by atoms with Gasteiger partial charge in [0.05, 0.1) is 4.90 Å². The maximum absolute atomic E-state index is 10.9. The number of nitrogens with two attached hydrogens (primary N) is 2. The largest absolute Gasteiger partial charge is 0.324 e. The van der Waals surface area contributed by atoms with Gasteiger partial charge in [0, 0.05) is 6.04 Å². The number of hydrogen-bond donors (Lipinski definition) is 2. The Morgan fingerprint density at radius 3 is 2.46 bits per heavy atom. The van der Waals surface area contributed by atoms with Crippen molar-refractivity contribution in [1.29, 1.82) is 0 Å². The van der Waals surface area contributed by atoms with E-state index >= 15 is 0 Å². The minimum absolute atomic E-state index is 0.0994. The minimum Gasteiger partial charge on any atom is -0.324 e. The summed E-state index contributed by atoms with van der Waals surface area (Å²) in [7, 11) is -3.61. The molecular weight excluding hydrogens is 188 g/mol. The monoisotopic (exact) mass is 200 g/mol. The first-order valence-corrected chi connectivity index (χ1v) is 5.34. The molecule has 0 amide bonds. The molecule has 0 saturated carbocycles. The standard InChI is InChI=1S/C8H12N2O2S/c1-6(9)7-3-2-4-8(5-7)13(10,11)12/h2-6H,9H2,1H3,(H2,10,11,12)/t6-/m0/s1. The average molecular weight is 200 g/mol. The molecule has 0 fully saturated rings. The Bertz CT molecular complexity index is 398. The van der Waals surface area contributed by atoms with Gasteiger partial charge in [-0.3, -0.25) is 0 Å². The van der Waals surface area contributed by atoms with Crippen LogP contribution in [0.15, 0.2) is 29.2 Å². The second kappa shape index (κ2) is 3.45. The topological polar surface area (TPSA) is 86.2 Å². The van der Waals surface area contributed by atoms with Gasteiger partial charge in [0.2, 0.25) is 10.0 Å². The fraction of sp³-hybridized carbons (Fsp3) is 0.250. The third-order valence-electron chi connectivity index (χ3n) is 1.71. The Balaban J connectivity index is 3.21. The van der Waals surface area contributed by atoms with E-state index in [1.165, 1.54) is 12.1 Å². The van der Waals surface area contributed by atoms with E-state index in [2.05, 4.69) is 0 Å². The summed E-state index contributed by atoms with van der Waals surface area (Å²) in [6.45, 7) is 1.78. The molecule has 0 aromatic heterocycles. The third kappa shape index (κ3) is 2.51. The predicted octanol–water partition coefficient (Wildman–Crippen LogP) is 0.354. The highest BCUT2D eigenvalue weighted by atomic mass is 32.2. The zero-order chi connectivity index (χ0) is 10.1. The molecule has 4 N–H and O–H groups in total. The number of hydrogen-bond acceptors (Lipinski definition) is 3. The zero-order valence-electron chi connectivity index (χ0n) is 7.27. The minimum atomic E-state index is -3.61. The van der Waals surface area contributed by atoms with Crippen molar-refractivity contribution >= 4 is 10.0 Å². The van der Waals surface area contributed by atoms with Crippen LogP contribution in [-0.2, 0) is 10.0 Å². The van der Waals surface area contributed by atoms with E-state index in [4.69, 9.17) is 10.9 Å². The van der Waals surface area contributed by atoms with Crippen LogP contribution in [0, 0.1) is 0 Å². The van der Waals surface area contributed by atoms with Gasteiger partial charge in [0.15, 0.2) is 0 Å². The lowest BCUT2D eigenvalue weighted by Gasteiger charge is -2.06. The lowest BCUT2D eigenvalue weighted by atomic mass is 10.1. The Hall–Kier alpha value is -0.910. The number of benzene rings is 1. The molecule has 0 aliphatic rings. The van der Waals surface area contributed by atoms with E-state index in [9.17, 15) is 8.42 Å².